The highest BCUT2D eigenvalue weighted by atomic mass is 16.5. The SMILES string of the molecule is COCCNC(=O)CNC(C)C(N)=O. The first-order chi connectivity index (χ1) is 6.57. The standard InChI is InChI=1S/C8H17N3O3/c1-6(8(9)13)11-5-7(12)10-3-4-14-2/h6,11H,3-5H2,1-2H3,(H2,9,13)(H,10,12). The second kappa shape index (κ2) is 7.28. The van der Waals surface area contributed by atoms with E-state index >= 15 is 0 Å². The number of primary amides is 1. The van der Waals surface area contributed by atoms with Gasteiger partial charge in [-0.15, -0.1) is 0 Å². The summed E-state index contributed by atoms with van der Waals surface area (Å²) < 4.78 is 4.75. The van der Waals surface area contributed by atoms with Crippen LogP contribution in [-0.4, -0.2) is 44.7 Å². The third kappa shape index (κ3) is 6.38. The number of amides is 2. The molecule has 0 aromatic rings. The molecule has 0 saturated carbocycles. The van der Waals surface area contributed by atoms with Crippen LogP contribution in [0.5, 0.6) is 0 Å². The number of nitrogens with two attached hydrogens (primary N) is 1. The molecule has 0 fully saturated rings. The van der Waals surface area contributed by atoms with E-state index in [0.717, 1.165) is 0 Å². The van der Waals surface area contributed by atoms with Gasteiger partial charge < -0.3 is 15.8 Å². The molecule has 1 atom stereocenters. The van der Waals surface area contributed by atoms with Gasteiger partial charge in [0.25, 0.3) is 0 Å². The number of methoxy groups -OCH3 is 1. The molecule has 0 aliphatic rings. The van der Waals surface area contributed by atoms with Gasteiger partial charge in [0.15, 0.2) is 0 Å². The predicted octanol–water partition coefficient (Wildman–Crippen LogP) is -1.79. The van der Waals surface area contributed by atoms with Gasteiger partial charge in [0.2, 0.25) is 11.8 Å². The number of hydrogen-bond donors (Lipinski definition) is 3. The molecule has 0 saturated heterocycles. The molecule has 2 amide bonds. The molecule has 82 valence electrons. The van der Waals surface area contributed by atoms with Crippen molar-refractivity contribution in [3.05, 3.63) is 0 Å². The van der Waals surface area contributed by atoms with E-state index in [1.54, 1.807) is 14.0 Å². The Morgan fingerprint density at radius 2 is 2.14 bits per heavy atom. The molecular formula is C8H17N3O3. The van der Waals surface area contributed by atoms with Gasteiger partial charge in [-0.05, 0) is 6.92 Å². The molecule has 0 aromatic heterocycles. The lowest BCUT2D eigenvalue weighted by Gasteiger charge is -2.09. The van der Waals surface area contributed by atoms with Gasteiger partial charge in [0, 0.05) is 13.7 Å². The summed E-state index contributed by atoms with van der Waals surface area (Å²) in [6.07, 6.45) is 0. The maximum atomic E-state index is 11.1. The van der Waals surface area contributed by atoms with E-state index in [9.17, 15) is 9.59 Å². The first kappa shape index (κ1) is 12.9. The molecule has 4 N–H and O–H groups in total. The molecule has 14 heavy (non-hydrogen) atoms. The van der Waals surface area contributed by atoms with Crippen molar-refractivity contribution in [2.45, 2.75) is 13.0 Å². The van der Waals surface area contributed by atoms with E-state index in [0.29, 0.717) is 13.2 Å². The van der Waals surface area contributed by atoms with E-state index in [4.69, 9.17) is 10.5 Å². The second-order valence-corrected chi connectivity index (χ2v) is 2.85. The fourth-order valence-corrected chi connectivity index (χ4v) is 0.701. The zero-order valence-corrected chi connectivity index (χ0v) is 8.50. The average molecular weight is 203 g/mol. The van der Waals surface area contributed by atoms with Crippen LogP contribution in [0.4, 0.5) is 0 Å². The molecule has 0 radical (unpaired) electrons. The molecule has 6 heteroatoms. The molecule has 0 heterocycles. The third-order valence-corrected chi connectivity index (χ3v) is 1.62. The van der Waals surface area contributed by atoms with Crippen molar-refractivity contribution in [1.29, 1.82) is 0 Å². The molecule has 6 nitrogen and oxygen atoms in total. The van der Waals surface area contributed by atoms with Crippen LogP contribution in [0.25, 0.3) is 0 Å². The van der Waals surface area contributed by atoms with Gasteiger partial charge in [-0.1, -0.05) is 0 Å². The van der Waals surface area contributed by atoms with Gasteiger partial charge in [0.05, 0.1) is 19.2 Å². The first-order valence-corrected chi connectivity index (χ1v) is 4.36. The second-order valence-electron chi connectivity index (χ2n) is 2.85. The van der Waals surface area contributed by atoms with Crippen LogP contribution in [0.1, 0.15) is 6.92 Å². The summed E-state index contributed by atoms with van der Waals surface area (Å²) in [6.45, 7) is 2.61. The highest BCUT2D eigenvalue weighted by molar-refractivity contribution is 5.82. The predicted molar refractivity (Wildman–Crippen MR) is 51.5 cm³/mol. The van der Waals surface area contributed by atoms with Gasteiger partial charge >= 0.3 is 0 Å². The summed E-state index contributed by atoms with van der Waals surface area (Å²) in [7, 11) is 1.56. The molecule has 0 bridgehead atoms. The third-order valence-electron chi connectivity index (χ3n) is 1.62. The normalized spacial score (nSPS) is 12.1. The highest BCUT2D eigenvalue weighted by Gasteiger charge is 2.09. The Morgan fingerprint density at radius 1 is 1.50 bits per heavy atom. The monoisotopic (exact) mass is 203 g/mol. The van der Waals surface area contributed by atoms with Crippen LogP contribution < -0.4 is 16.4 Å². The van der Waals surface area contributed by atoms with Crippen LogP contribution >= 0.6 is 0 Å². The van der Waals surface area contributed by atoms with Crippen molar-refractivity contribution in [2.24, 2.45) is 5.73 Å². The molecule has 0 spiro atoms. The summed E-state index contributed by atoms with van der Waals surface area (Å²) >= 11 is 0. The minimum Gasteiger partial charge on any atom is -0.383 e. The van der Waals surface area contributed by atoms with E-state index in [1.165, 1.54) is 0 Å². The molecule has 1 unspecified atom stereocenters. The summed E-state index contributed by atoms with van der Waals surface area (Å²) in [6, 6.07) is -0.497. The Morgan fingerprint density at radius 3 is 2.64 bits per heavy atom. The van der Waals surface area contributed by atoms with Crippen molar-refractivity contribution in [3.63, 3.8) is 0 Å². The fourth-order valence-electron chi connectivity index (χ4n) is 0.701. The van der Waals surface area contributed by atoms with Crippen LogP contribution in [0, 0.1) is 0 Å². The number of ether oxygens (including phenoxy) is 1. The smallest absolute Gasteiger partial charge is 0.234 e. The Labute approximate surface area is 83.2 Å². The largest absolute Gasteiger partial charge is 0.383 e. The highest BCUT2D eigenvalue weighted by Crippen LogP contribution is 1.77. The Bertz CT molecular complexity index is 196. The number of carbonyl (C=O) groups is 2. The first-order valence-electron chi connectivity index (χ1n) is 4.36. The fraction of sp³-hybridized carbons (Fsp3) is 0.750. The zero-order valence-electron chi connectivity index (χ0n) is 8.50. The van der Waals surface area contributed by atoms with E-state index in [2.05, 4.69) is 10.6 Å². The summed E-state index contributed by atoms with van der Waals surface area (Å²) in [5.74, 6) is -0.662. The van der Waals surface area contributed by atoms with Crippen molar-refractivity contribution in [3.8, 4) is 0 Å². The Kier molecular flexibility index (Phi) is 6.69. The van der Waals surface area contributed by atoms with Crippen LogP contribution in [0.3, 0.4) is 0 Å². The average Bonchev–Trinajstić information content (AvgIpc) is 2.14. The van der Waals surface area contributed by atoms with Crippen LogP contribution in [-0.2, 0) is 14.3 Å². The maximum Gasteiger partial charge on any atom is 0.234 e. The number of hydrogen-bond acceptors (Lipinski definition) is 4. The van der Waals surface area contributed by atoms with Crippen molar-refractivity contribution >= 4 is 11.8 Å². The van der Waals surface area contributed by atoms with Crippen molar-refractivity contribution in [2.75, 3.05) is 26.8 Å². The zero-order chi connectivity index (χ0) is 11.0. The van der Waals surface area contributed by atoms with Gasteiger partial charge in [0.1, 0.15) is 0 Å². The van der Waals surface area contributed by atoms with Crippen molar-refractivity contribution in [1.82, 2.24) is 10.6 Å². The molecular weight excluding hydrogens is 186 g/mol. The lowest BCUT2D eigenvalue weighted by atomic mass is 10.3. The molecule has 0 aromatic carbocycles. The van der Waals surface area contributed by atoms with E-state index in [-0.39, 0.29) is 12.5 Å². The quantitative estimate of drug-likeness (QED) is 0.426. The van der Waals surface area contributed by atoms with E-state index in [1.807, 2.05) is 0 Å². The Balaban J connectivity index is 3.48. The lowest BCUT2D eigenvalue weighted by Crippen LogP contribution is -2.44. The van der Waals surface area contributed by atoms with Gasteiger partial charge in [-0.25, -0.2) is 0 Å². The lowest BCUT2D eigenvalue weighted by molar-refractivity contribution is -0.121. The van der Waals surface area contributed by atoms with Gasteiger partial charge in [-0.3, -0.25) is 14.9 Å². The summed E-state index contributed by atoms with van der Waals surface area (Å²) in [4.78, 5) is 21.6. The van der Waals surface area contributed by atoms with Crippen molar-refractivity contribution < 1.29 is 14.3 Å². The number of rotatable bonds is 7. The minimum absolute atomic E-state index is 0.0772. The van der Waals surface area contributed by atoms with Crippen LogP contribution in [0.15, 0.2) is 0 Å². The Hall–Kier alpha value is -1.14. The molecule has 0 rings (SSSR count). The topological polar surface area (TPSA) is 93.4 Å². The van der Waals surface area contributed by atoms with Gasteiger partial charge in [-0.2, -0.15) is 0 Å². The number of carbonyl (C=O) groups excluding carboxylic acids is 2. The minimum atomic E-state index is -0.497. The van der Waals surface area contributed by atoms with Crippen LogP contribution in [0.2, 0.25) is 0 Å². The molecule has 0 aliphatic carbocycles. The van der Waals surface area contributed by atoms with E-state index < -0.39 is 11.9 Å². The summed E-state index contributed by atoms with van der Waals surface area (Å²) in [5, 5.41) is 5.28. The summed E-state index contributed by atoms with van der Waals surface area (Å²) in [5.41, 5.74) is 4.99. The number of nitrogens with one attached hydrogen (secondary N) is 2. The molecule has 0 aliphatic heterocycles. The maximum absolute atomic E-state index is 11.1.